The van der Waals surface area contributed by atoms with Crippen molar-refractivity contribution >= 4 is 53.2 Å². The molecule has 2 aliphatic rings. The topological polar surface area (TPSA) is 106 Å². The van der Waals surface area contributed by atoms with E-state index in [1.165, 1.54) is 18.4 Å². The summed E-state index contributed by atoms with van der Waals surface area (Å²) < 4.78 is 10.1. The Morgan fingerprint density at radius 3 is 2.50 bits per heavy atom. The van der Waals surface area contributed by atoms with Crippen molar-refractivity contribution < 1.29 is 19.1 Å². The third kappa shape index (κ3) is 7.00. The highest BCUT2D eigenvalue weighted by molar-refractivity contribution is 7.17. The summed E-state index contributed by atoms with van der Waals surface area (Å²) in [6.45, 7) is 3.58. The van der Waals surface area contributed by atoms with E-state index >= 15 is 0 Å². The van der Waals surface area contributed by atoms with Crippen LogP contribution in [0.1, 0.15) is 35.5 Å². The molecule has 2 fully saturated rings. The molecule has 0 aromatic carbocycles. The van der Waals surface area contributed by atoms with Gasteiger partial charge in [-0.05, 0) is 25.7 Å². The van der Waals surface area contributed by atoms with Crippen LogP contribution in [0.3, 0.4) is 0 Å². The van der Waals surface area contributed by atoms with Gasteiger partial charge < -0.3 is 25.0 Å². The second kappa shape index (κ2) is 12.4. The number of hydrogen-bond donors (Lipinski definition) is 2. The van der Waals surface area contributed by atoms with Crippen molar-refractivity contribution in [1.29, 1.82) is 0 Å². The maximum absolute atomic E-state index is 12.4. The number of nitrogens with one attached hydrogen (secondary N) is 2. The minimum Gasteiger partial charge on any atom is -0.467 e. The molecular weight excluding hydrogens is 429 g/mol. The number of halogens is 2. The molecule has 0 atom stereocenters. The molecule has 0 radical (unpaired) electrons. The second-order valence-electron chi connectivity index (χ2n) is 6.46. The molecule has 1 aliphatic carbocycles. The molecule has 1 saturated heterocycles. The van der Waals surface area contributed by atoms with Gasteiger partial charge in [-0.1, -0.05) is 11.3 Å². The largest absolute Gasteiger partial charge is 0.467 e. The number of nitrogens with zero attached hydrogens (tertiary/aromatic N) is 3. The number of anilines is 1. The first-order valence-corrected chi connectivity index (χ1v) is 9.76. The van der Waals surface area contributed by atoms with E-state index in [1.54, 1.807) is 0 Å². The minimum atomic E-state index is -0.364. The van der Waals surface area contributed by atoms with Crippen molar-refractivity contribution in [2.75, 3.05) is 44.8 Å². The van der Waals surface area contributed by atoms with Crippen LogP contribution in [0, 0.1) is 0 Å². The zero-order chi connectivity index (χ0) is 18.4. The Morgan fingerprint density at radius 2 is 1.86 bits per heavy atom. The van der Waals surface area contributed by atoms with Crippen LogP contribution < -0.4 is 15.5 Å². The van der Waals surface area contributed by atoms with Gasteiger partial charge in [0.2, 0.25) is 10.1 Å². The molecule has 9 nitrogen and oxygen atoms in total. The minimum absolute atomic E-state index is 0. The highest BCUT2D eigenvalue weighted by Gasteiger charge is 2.25. The summed E-state index contributed by atoms with van der Waals surface area (Å²) in [4.78, 5) is 25.7. The second-order valence-corrected chi connectivity index (χ2v) is 7.42. The maximum Gasteiger partial charge on any atom is 0.331 e. The summed E-state index contributed by atoms with van der Waals surface area (Å²) >= 11 is 1.34. The van der Waals surface area contributed by atoms with E-state index in [1.807, 2.05) is 0 Å². The lowest BCUT2D eigenvalue weighted by Crippen LogP contribution is -2.43. The zero-order valence-corrected chi connectivity index (χ0v) is 18.2. The molecule has 3 rings (SSSR count). The molecule has 1 aliphatic heterocycles. The van der Waals surface area contributed by atoms with Crippen molar-refractivity contribution in [2.24, 2.45) is 0 Å². The number of piperazine rings is 1. The van der Waals surface area contributed by atoms with Gasteiger partial charge in [0.25, 0.3) is 5.91 Å². The van der Waals surface area contributed by atoms with E-state index in [2.05, 4.69) is 30.5 Å². The van der Waals surface area contributed by atoms with E-state index < -0.39 is 0 Å². The van der Waals surface area contributed by atoms with Crippen LogP contribution in [0.2, 0.25) is 0 Å². The average Bonchev–Trinajstić information content (AvgIpc) is 3.18. The number of methoxy groups -OCH3 is 1. The Labute approximate surface area is 180 Å². The van der Waals surface area contributed by atoms with Crippen LogP contribution in [0.15, 0.2) is 0 Å². The molecule has 1 aromatic rings. The van der Waals surface area contributed by atoms with E-state index in [0.29, 0.717) is 5.01 Å². The summed E-state index contributed by atoms with van der Waals surface area (Å²) in [5, 5.41) is 15.7. The fourth-order valence-electron chi connectivity index (χ4n) is 3.16. The molecule has 0 unspecified atom stereocenters. The molecule has 1 aromatic heterocycles. The summed E-state index contributed by atoms with van der Waals surface area (Å²) in [5.41, 5.74) is 0. The normalized spacial score (nSPS) is 21.8. The SMILES string of the molecule is COC(=O)CO[C@H]1CC[C@H](NC(=O)c2nnc(N3CCNCC3)s2)CC1.Cl.Cl. The van der Waals surface area contributed by atoms with Gasteiger partial charge in [0.1, 0.15) is 6.61 Å². The third-order valence-corrected chi connectivity index (χ3v) is 5.65. The lowest BCUT2D eigenvalue weighted by atomic mass is 9.93. The first kappa shape index (κ1) is 24.8. The fraction of sp³-hybridized carbons (Fsp3) is 0.750. The molecule has 28 heavy (non-hydrogen) atoms. The van der Waals surface area contributed by atoms with Crippen molar-refractivity contribution in [3.8, 4) is 0 Å². The quantitative estimate of drug-likeness (QED) is 0.612. The van der Waals surface area contributed by atoms with Crippen LogP contribution in [0.25, 0.3) is 0 Å². The summed E-state index contributed by atoms with van der Waals surface area (Å²) in [6.07, 6.45) is 3.30. The summed E-state index contributed by atoms with van der Waals surface area (Å²) in [7, 11) is 1.35. The van der Waals surface area contributed by atoms with Gasteiger partial charge in [-0.3, -0.25) is 4.79 Å². The van der Waals surface area contributed by atoms with Crippen LogP contribution in [-0.4, -0.2) is 74.1 Å². The first-order chi connectivity index (χ1) is 12.7. The van der Waals surface area contributed by atoms with Gasteiger partial charge in [-0.15, -0.1) is 35.0 Å². The molecule has 0 spiro atoms. The Balaban J connectivity index is 0.00000196. The van der Waals surface area contributed by atoms with Crippen LogP contribution in [0.4, 0.5) is 5.13 Å². The predicted molar refractivity (Wildman–Crippen MR) is 111 cm³/mol. The smallest absolute Gasteiger partial charge is 0.331 e. The van der Waals surface area contributed by atoms with Crippen molar-refractivity contribution in [3.05, 3.63) is 5.01 Å². The number of carbonyl (C=O) groups excluding carboxylic acids is 2. The predicted octanol–water partition coefficient (Wildman–Crippen LogP) is 1.02. The number of esters is 1. The van der Waals surface area contributed by atoms with Crippen molar-refractivity contribution in [1.82, 2.24) is 20.8 Å². The van der Waals surface area contributed by atoms with Gasteiger partial charge in [0, 0.05) is 32.2 Å². The molecule has 1 saturated carbocycles. The fourth-order valence-corrected chi connectivity index (χ4v) is 3.96. The van der Waals surface area contributed by atoms with Gasteiger partial charge in [-0.25, -0.2) is 4.79 Å². The number of aromatic nitrogens is 2. The number of rotatable bonds is 6. The highest BCUT2D eigenvalue weighted by atomic mass is 35.5. The Kier molecular flexibility index (Phi) is 11.0. The van der Waals surface area contributed by atoms with Gasteiger partial charge in [0.15, 0.2) is 0 Å². The van der Waals surface area contributed by atoms with Crippen LogP contribution in [-0.2, 0) is 14.3 Å². The van der Waals surface area contributed by atoms with E-state index in [0.717, 1.165) is 57.0 Å². The summed E-state index contributed by atoms with van der Waals surface area (Å²) in [5.74, 6) is -0.528. The van der Waals surface area contributed by atoms with Crippen molar-refractivity contribution in [2.45, 2.75) is 37.8 Å². The van der Waals surface area contributed by atoms with Gasteiger partial charge >= 0.3 is 5.97 Å². The van der Waals surface area contributed by atoms with Crippen LogP contribution in [0.5, 0.6) is 0 Å². The molecule has 1 amide bonds. The third-order valence-electron chi connectivity index (χ3n) is 4.67. The van der Waals surface area contributed by atoms with Crippen LogP contribution >= 0.6 is 36.2 Å². The highest BCUT2D eigenvalue weighted by Crippen LogP contribution is 2.23. The zero-order valence-electron chi connectivity index (χ0n) is 15.7. The van der Waals surface area contributed by atoms with E-state index in [9.17, 15) is 9.59 Å². The Hall–Kier alpha value is -1.20. The number of hydrogen-bond acceptors (Lipinski definition) is 9. The molecule has 2 N–H and O–H groups in total. The summed E-state index contributed by atoms with van der Waals surface area (Å²) in [6, 6.07) is 0.104. The molecular formula is C16H27Cl2N5O4S. The number of ether oxygens (including phenoxy) is 2. The Morgan fingerprint density at radius 1 is 1.18 bits per heavy atom. The monoisotopic (exact) mass is 455 g/mol. The first-order valence-electron chi connectivity index (χ1n) is 8.94. The maximum atomic E-state index is 12.4. The van der Waals surface area contributed by atoms with E-state index in [4.69, 9.17) is 4.74 Å². The molecule has 2 heterocycles. The van der Waals surface area contributed by atoms with E-state index in [-0.39, 0.29) is 55.4 Å². The van der Waals surface area contributed by atoms with Crippen molar-refractivity contribution in [3.63, 3.8) is 0 Å². The average molecular weight is 456 g/mol. The number of carbonyl (C=O) groups is 2. The standard InChI is InChI=1S/C16H25N5O4S.2ClH/c1-24-13(22)10-25-12-4-2-11(3-5-12)18-14(23)15-19-20-16(26-15)21-8-6-17-7-9-21;;/h11-12,17H,2-10H2,1H3,(H,18,23);2*1H/t11-,12-;;. The Bertz CT molecular complexity index is 622. The number of amides is 1. The van der Waals surface area contributed by atoms with Gasteiger partial charge in [0.05, 0.1) is 13.2 Å². The molecule has 0 bridgehead atoms. The van der Waals surface area contributed by atoms with Gasteiger partial charge in [-0.2, -0.15) is 0 Å². The molecule has 12 heteroatoms. The lowest BCUT2D eigenvalue weighted by Gasteiger charge is -2.28. The molecule has 160 valence electrons. The lowest BCUT2D eigenvalue weighted by molar-refractivity contribution is -0.148.